The van der Waals surface area contributed by atoms with E-state index in [1.165, 1.54) is 12.1 Å². The summed E-state index contributed by atoms with van der Waals surface area (Å²) in [6.45, 7) is 0.722. The minimum Gasteiger partial charge on any atom is -0.475 e. The number of carboxylic acids is 1. The number of fused-ring (bicyclic) bond motifs is 2. The normalized spacial score (nSPS) is 15.4. The summed E-state index contributed by atoms with van der Waals surface area (Å²) >= 11 is 0. The first-order chi connectivity index (χ1) is 18.3. The molecule has 0 radical (unpaired) electrons. The SMILES string of the molecule is CN1Cc2ccccc2C1C(=O)Nc1ccc2[nH]nc(-c3cccc(S(N)(=O)=O)c3)c2c1.O=C(O)C(F)(F)F. The molecule has 1 aliphatic heterocycles. The second-order valence-corrected chi connectivity index (χ2v) is 10.3. The molecule has 5 rings (SSSR count). The number of carbonyl (C=O) groups is 2. The number of hydrogen-bond acceptors (Lipinski definition) is 6. The molecule has 1 amide bonds. The number of aromatic nitrogens is 2. The standard InChI is InChI=1S/C23H21N5O3S.C2HF3O2/c1-28-13-15-5-2-3-8-18(15)22(28)23(29)25-16-9-10-20-19(12-16)21(27-26-20)14-6-4-7-17(11-14)32(24,30)31;3-2(4,5)1(6)7/h2-12,22H,13H2,1H3,(H,25,29)(H,26,27)(H2,24,30,31);(H,6,7). The second kappa shape index (κ2) is 10.5. The van der Waals surface area contributed by atoms with Gasteiger partial charge < -0.3 is 10.4 Å². The molecule has 10 nitrogen and oxygen atoms in total. The third-order valence-electron chi connectivity index (χ3n) is 5.97. The van der Waals surface area contributed by atoms with Crippen LogP contribution in [-0.2, 0) is 26.2 Å². The largest absolute Gasteiger partial charge is 0.490 e. The van der Waals surface area contributed by atoms with Crippen LogP contribution in [0.3, 0.4) is 0 Å². The summed E-state index contributed by atoms with van der Waals surface area (Å²) in [4.78, 5) is 24.0. The Morgan fingerprint density at radius 2 is 1.79 bits per heavy atom. The number of alkyl halides is 3. The molecule has 5 N–H and O–H groups in total. The molecule has 0 saturated carbocycles. The van der Waals surface area contributed by atoms with Gasteiger partial charge in [-0.15, -0.1) is 0 Å². The fourth-order valence-electron chi connectivity index (χ4n) is 4.23. The maximum atomic E-state index is 13.1. The maximum absolute atomic E-state index is 13.1. The maximum Gasteiger partial charge on any atom is 0.490 e. The molecule has 4 aromatic rings. The minimum absolute atomic E-state index is 0.0125. The second-order valence-electron chi connectivity index (χ2n) is 8.71. The lowest BCUT2D eigenvalue weighted by Gasteiger charge is -2.19. The molecule has 0 aliphatic carbocycles. The first-order valence-electron chi connectivity index (χ1n) is 11.3. The Bertz CT molecular complexity index is 1670. The monoisotopic (exact) mass is 561 g/mol. The van der Waals surface area contributed by atoms with Crippen LogP contribution in [0, 0.1) is 0 Å². The van der Waals surface area contributed by atoms with Crippen molar-refractivity contribution >= 4 is 38.5 Å². The third kappa shape index (κ3) is 6.08. The summed E-state index contributed by atoms with van der Waals surface area (Å²) < 4.78 is 55.2. The molecular weight excluding hydrogens is 539 g/mol. The van der Waals surface area contributed by atoms with Gasteiger partial charge in [-0.2, -0.15) is 18.3 Å². The zero-order valence-corrected chi connectivity index (χ0v) is 21.0. The zero-order chi connectivity index (χ0) is 28.5. The number of hydrogen-bond donors (Lipinski definition) is 4. The molecule has 204 valence electrons. The summed E-state index contributed by atoms with van der Waals surface area (Å²) in [6.07, 6.45) is -5.08. The molecule has 0 spiro atoms. The van der Waals surface area contributed by atoms with E-state index in [1.807, 2.05) is 54.4 Å². The number of anilines is 1. The predicted octanol–water partition coefficient (Wildman–Crippen LogP) is 3.64. The number of carbonyl (C=O) groups excluding carboxylic acids is 1. The number of carboxylic acid groups (broad SMARTS) is 1. The number of primary sulfonamides is 1. The van der Waals surface area contributed by atoms with E-state index in [0.29, 0.717) is 16.9 Å². The number of sulfonamides is 1. The molecule has 1 atom stereocenters. The first kappa shape index (κ1) is 27.8. The van der Waals surface area contributed by atoms with Crippen molar-refractivity contribution in [1.29, 1.82) is 0 Å². The fraction of sp³-hybridized carbons (Fsp3) is 0.160. The molecule has 1 unspecified atom stereocenters. The van der Waals surface area contributed by atoms with E-state index in [4.69, 9.17) is 15.0 Å². The summed E-state index contributed by atoms with van der Waals surface area (Å²) in [5.74, 6) is -2.87. The van der Waals surface area contributed by atoms with Crippen molar-refractivity contribution in [2.24, 2.45) is 5.14 Å². The summed E-state index contributed by atoms with van der Waals surface area (Å²) in [5, 5.41) is 23.5. The molecule has 0 fully saturated rings. The van der Waals surface area contributed by atoms with Crippen molar-refractivity contribution in [3.8, 4) is 11.3 Å². The number of nitrogens with two attached hydrogens (primary N) is 1. The molecule has 3 aromatic carbocycles. The van der Waals surface area contributed by atoms with Gasteiger partial charge in [0, 0.05) is 23.2 Å². The van der Waals surface area contributed by atoms with Crippen molar-refractivity contribution in [2.45, 2.75) is 23.7 Å². The van der Waals surface area contributed by atoms with Crippen LogP contribution in [0.25, 0.3) is 22.2 Å². The average Bonchev–Trinajstić information content (AvgIpc) is 3.43. The Balaban J connectivity index is 0.000000448. The van der Waals surface area contributed by atoms with E-state index in [1.54, 1.807) is 12.1 Å². The molecule has 1 aliphatic rings. The number of rotatable bonds is 4. The lowest BCUT2D eigenvalue weighted by molar-refractivity contribution is -0.192. The number of nitrogens with zero attached hydrogens (tertiary/aromatic N) is 2. The molecule has 0 bridgehead atoms. The van der Waals surface area contributed by atoms with Crippen LogP contribution in [0.4, 0.5) is 18.9 Å². The number of likely N-dealkylation sites (N-methyl/N-ethyl adjacent to an activating group) is 1. The highest BCUT2D eigenvalue weighted by molar-refractivity contribution is 7.89. The van der Waals surface area contributed by atoms with E-state index >= 15 is 0 Å². The van der Waals surface area contributed by atoms with Crippen molar-refractivity contribution in [3.63, 3.8) is 0 Å². The zero-order valence-electron chi connectivity index (χ0n) is 20.2. The lowest BCUT2D eigenvalue weighted by Crippen LogP contribution is -2.29. The van der Waals surface area contributed by atoms with E-state index in [2.05, 4.69) is 15.5 Å². The smallest absolute Gasteiger partial charge is 0.475 e. The van der Waals surface area contributed by atoms with Crippen LogP contribution >= 0.6 is 0 Å². The topological polar surface area (TPSA) is 158 Å². The molecule has 39 heavy (non-hydrogen) atoms. The van der Waals surface area contributed by atoms with Crippen molar-refractivity contribution < 1.29 is 36.3 Å². The van der Waals surface area contributed by atoms with Gasteiger partial charge in [-0.25, -0.2) is 18.4 Å². The van der Waals surface area contributed by atoms with E-state index < -0.39 is 22.2 Å². The van der Waals surface area contributed by atoms with Crippen LogP contribution < -0.4 is 10.5 Å². The van der Waals surface area contributed by atoms with Gasteiger partial charge in [-0.3, -0.25) is 14.8 Å². The molecule has 1 aromatic heterocycles. The van der Waals surface area contributed by atoms with Crippen LogP contribution in [0.5, 0.6) is 0 Å². The van der Waals surface area contributed by atoms with Crippen LogP contribution in [0.15, 0.2) is 71.6 Å². The van der Waals surface area contributed by atoms with E-state index in [-0.39, 0.29) is 16.8 Å². The number of halogens is 3. The number of aromatic amines is 1. The van der Waals surface area contributed by atoms with Crippen molar-refractivity contribution in [2.75, 3.05) is 12.4 Å². The Hall–Kier alpha value is -4.27. The summed E-state index contributed by atoms with van der Waals surface area (Å²) in [6, 6.07) is 19.4. The highest BCUT2D eigenvalue weighted by Crippen LogP contribution is 2.34. The van der Waals surface area contributed by atoms with E-state index in [9.17, 15) is 26.4 Å². The van der Waals surface area contributed by atoms with Crippen LogP contribution in [0.1, 0.15) is 17.2 Å². The number of nitrogens with one attached hydrogen (secondary N) is 2. The fourth-order valence-corrected chi connectivity index (χ4v) is 4.79. The van der Waals surface area contributed by atoms with Gasteiger partial charge in [0.2, 0.25) is 15.9 Å². The van der Waals surface area contributed by atoms with Crippen LogP contribution in [0.2, 0.25) is 0 Å². The Kier molecular flexibility index (Phi) is 7.46. The quantitative estimate of drug-likeness (QED) is 0.296. The van der Waals surface area contributed by atoms with Gasteiger partial charge in [-0.05, 0) is 48.5 Å². The highest BCUT2D eigenvalue weighted by Gasteiger charge is 2.38. The summed E-state index contributed by atoms with van der Waals surface area (Å²) in [5.41, 5.74) is 4.74. The van der Waals surface area contributed by atoms with E-state index in [0.717, 1.165) is 28.6 Å². The number of benzene rings is 3. The molecule has 14 heteroatoms. The van der Waals surface area contributed by atoms with Gasteiger partial charge >= 0.3 is 12.1 Å². The third-order valence-corrected chi connectivity index (χ3v) is 6.88. The van der Waals surface area contributed by atoms with Gasteiger partial charge in [-0.1, -0.05) is 36.4 Å². The van der Waals surface area contributed by atoms with Gasteiger partial charge in [0.15, 0.2) is 0 Å². The predicted molar refractivity (Wildman–Crippen MR) is 136 cm³/mol. The number of aliphatic carboxylic acids is 1. The number of amides is 1. The molecular formula is C25H22F3N5O5S. The molecule has 2 heterocycles. The average molecular weight is 562 g/mol. The molecule has 0 saturated heterocycles. The van der Waals surface area contributed by atoms with Gasteiger partial charge in [0.25, 0.3) is 0 Å². The van der Waals surface area contributed by atoms with Crippen LogP contribution in [-0.4, -0.2) is 53.7 Å². The van der Waals surface area contributed by atoms with Gasteiger partial charge in [0.05, 0.1) is 10.4 Å². The number of H-pyrrole nitrogens is 1. The van der Waals surface area contributed by atoms with Crippen molar-refractivity contribution in [3.05, 3.63) is 77.9 Å². The van der Waals surface area contributed by atoms with Gasteiger partial charge in [0.1, 0.15) is 11.7 Å². The Morgan fingerprint density at radius 3 is 2.46 bits per heavy atom. The lowest BCUT2D eigenvalue weighted by atomic mass is 10.0. The summed E-state index contributed by atoms with van der Waals surface area (Å²) in [7, 11) is -1.90. The Morgan fingerprint density at radius 1 is 1.10 bits per heavy atom. The minimum atomic E-state index is -5.08. The first-order valence-corrected chi connectivity index (χ1v) is 12.8. The highest BCUT2D eigenvalue weighted by atomic mass is 32.2. The Labute approximate surface area is 220 Å². The van der Waals surface area contributed by atoms with Crippen molar-refractivity contribution in [1.82, 2.24) is 15.1 Å².